The number of ether oxygens (including phenoxy) is 4. The van der Waals surface area contributed by atoms with Crippen LogP contribution < -0.4 is 9.47 Å². The highest BCUT2D eigenvalue weighted by atomic mass is 32.2. The van der Waals surface area contributed by atoms with E-state index in [-0.39, 0.29) is 23.8 Å². The van der Waals surface area contributed by atoms with Crippen molar-refractivity contribution < 1.29 is 27.4 Å². The van der Waals surface area contributed by atoms with Gasteiger partial charge in [0, 0.05) is 11.8 Å². The number of hydrogen-bond donors (Lipinski definition) is 0. The maximum atomic E-state index is 12.2. The summed E-state index contributed by atoms with van der Waals surface area (Å²) in [6.45, 7) is 0.259. The molecule has 7 rings (SSSR count). The van der Waals surface area contributed by atoms with Gasteiger partial charge in [0.25, 0.3) is 0 Å². The number of hydrogen-bond acceptors (Lipinski definition) is 9. The lowest BCUT2D eigenvalue weighted by Gasteiger charge is -2.37. The Bertz CT molecular complexity index is 2120. The van der Waals surface area contributed by atoms with E-state index in [4.69, 9.17) is 18.9 Å². The number of aromatic nitrogens is 4. The van der Waals surface area contributed by atoms with Crippen LogP contribution in [-0.4, -0.2) is 61.1 Å². The van der Waals surface area contributed by atoms with E-state index < -0.39 is 15.4 Å². The van der Waals surface area contributed by atoms with E-state index in [9.17, 15) is 8.42 Å². The monoisotopic (exact) mass is 675 g/mol. The summed E-state index contributed by atoms with van der Waals surface area (Å²) < 4.78 is 50.8. The van der Waals surface area contributed by atoms with Crippen molar-refractivity contribution in [3.05, 3.63) is 139 Å². The van der Waals surface area contributed by atoms with Gasteiger partial charge in [-0.25, -0.2) is 23.4 Å². The average molecular weight is 676 g/mol. The van der Waals surface area contributed by atoms with Crippen molar-refractivity contribution in [2.45, 2.75) is 29.2 Å². The summed E-state index contributed by atoms with van der Waals surface area (Å²) in [7, 11) is -0.0954. The third-order valence-corrected chi connectivity index (χ3v) is 9.88. The van der Waals surface area contributed by atoms with Gasteiger partial charge in [-0.3, -0.25) is 4.57 Å². The highest BCUT2D eigenvalue weighted by molar-refractivity contribution is 7.90. The van der Waals surface area contributed by atoms with Crippen LogP contribution >= 0.6 is 0 Å². The summed E-state index contributed by atoms with van der Waals surface area (Å²) in [4.78, 5) is 13.8. The van der Waals surface area contributed by atoms with Crippen molar-refractivity contribution >= 4 is 21.0 Å². The van der Waals surface area contributed by atoms with Crippen molar-refractivity contribution in [2.75, 3.05) is 27.1 Å². The van der Waals surface area contributed by atoms with Crippen molar-refractivity contribution in [2.24, 2.45) is 0 Å². The molecule has 0 saturated carbocycles. The Morgan fingerprint density at radius 2 is 1.47 bits per heavy atom. The maximum absolute atomic E-state index is 12.2. The zero-order valence-corrected chi connectivity index (χ0v) is 28.1. The molecule has 4 aromatic carbocycles. The first-order valence-corrected chi connectivity index (χ1v) is 17.6. The van der Waals surface area contributed by atoms with Gasteiger partial charge in [0.1, 0.15) is 40.9 Å². The van der Waals surface area contributed by atoms with Crippen LogP contribution in [0.3, 0.4) is 0 Å². The first-order chi connectivity index (χ1) is 23.8. The molecular weight excluding hydrogens is 641 g/mol. The molecule has 2 atom stereocenters. The Balaban J connectivity index is 1.19. The van der Waals surface area contributed by atoms with Gasteiger partial charge in [-0.15, -0.1) is 0 Å². The van der Waals surface area contributed by atoms with Gasteiger partial charge in [0.15, 0.2) is 15.5 Å². The third-order valence-electron chi connectivity index (χ3n) is 8.77. The van der Waals surface area contributed by atoms with Crippen LogP contribution in [-0.2, 0) is 24.9 Å². The van der Waals surface area contributed by atoms with Crippen LogP contribution in [0.4, 0.5) is 0 Å². The van der Waals surface area contributed by atoms with Gasteiger partial charge in [0.2, 0.25) is 0 Å². The Kier molecular flexibility index (Phi) is 8.89. The minimum Gasteiger partial charge on any atom is -0.497 e. The highest BCUT2D eigenvalue weighted by Crippen LogP contribution is 2.43. The van der Waals surface area contributed by atoms with E-state index in [1.807, 2.05) is 77.4 Å². The van der Waals surface area contributed by atoms with Gasteiger partial charge in [0.05, 0.1) is 38.2 Å². The molecule has 1 aliphatic heterocycles. The molecule has 6 aromatic rings. The smallest absolute Gasteiger partial charge is 0.175 e. The average Bonchev–Trinajstić information content (AvgIpc) is 3.80. The molecule has 1 aliphatic rings. The normalized spacial score (nSPS) is 16.6. The van der Waals surface area contributed by atoms with E-state index >= 15 is 0 Å². The summed E-state index contributed by atoms with van der Waals surface area (Å²) in [5.74, 6) is 1.50. The minimum atomic E-state index is -3.39. The fraction of sp³-hybridized carbons (Fsp3) is 0.211. The van der Waals surface area contributed by atoms with E-state index in [0.717, 1.165) is 28.2 Å². The van der Waals surface area contributed by atoms with Crippen LogP contribution in [0.1, 0.15) is 29.3 Å². The van der Waals surface area contributed by atoms with E-state index in [1.165, 1.54) is 12.6 Å². The molecule has 1 radical (unpaired) electrons. The molecule has 0 N–H and O–H groups in total. The number of rotatable bonds is 11. The second kappa shape index (κ2) is 13.4. The Morgan fingerprint density at radius 1 is 0.816 bits per heavy atom. The molecular formula is C38H35N4O6S. The molecule has 49 heavy (non-hydrogen) atoms. The SMILES string of the molecule is COc1ccc(C(OC[C@H]2[CH]C[C@H](n3cnc4c(-c5cccc(S(C)(=O)=O)c5)ncnc43)O2)(c2ccccc2)c2ccc(OC)cc2)cc1. The number of methoxy groups -OCH3 is 2. The third kappa shape index (κ3) is 6.28. The van der Waals surface area contributed by atoms with Gasteiger partial charge >= 0.3 is 0 Å². The van der Waals surface area contributed by atoms with Crippen molar-refractivity contribution in [3.63, 3.8) is 0 Å². The van der Waals surface area contributed by atoms with Gasteiger partial charge in [-0.05, 0) is 65.9 Å². The summed E-state index contributed by atoms with van der Waals surface area (Å²) in [5, 5.41) is 0. The van der Waals surface area contributed by atoms with E-state index in [1.54, 1.807) is 38.7 Å². The molecule has 0 unspecified atom stereocenters. The van der Waals surface area contributed by atoms with E-state index in [0.29, 0.717) is 28.8 Å². The predicted molar refractivity (Wildman–Crippen MR) is 185 cm³/mol. The number of sulfone groups is 1. The Labute approximate surface area is 285 Å². The van der Waals surface area contributed by atoms with Gasteiger partial charge in [-0.2, -0.15) is 0 Å². The number of nitrogens with zero attached hydrogens (tertiary/aromatic N) is 4. The molecule has 10 nitrogen and oxygen atoms in total. The quantitative estimate of drug-likeness (QED) is 0.144. The zero-order valence-electron chi connectivity index (χ0n) is 27.3. The molecule has 1 fully saturated rings. The van der Waals surface area contributed by atoms with Crippen LogP contribution in [0, 0.1) is 6.42 Å². The van der Waals surface area contributed by atoms with Crippen LogP contribution in [0.25, 0.3) is 22.4 Å². The number of benzene rings is 4. The van der Waals surface area contributed by atoms with Crippen LogP contribution in [0.5, 0.6) is 11.5 Å². The lowest BCUT2D eigenvalue weighted by atomic mass is 9.80. The van der Waals surface area contributed by atoms with Crippen LogP contribution in [0.15, 0.2) is 121 Å². The summed E-state index contributed by atoms with van der Waals surface area (Å²) in [6.07, 6.45) is 6.32. The second-order valence-electron chi connectivity index (χ2n) is 11.8. The topological polar surface area (TPSA) is 115 Å². The lowest BCUT2D eigenvalue weighted by molar-refractivity contribution is -0.0702. The number of imidazole rings is 1. The first-order valence-electron chi connectivity index (χ1n) is 15.8. The second-order valence-corrected chi connectivity index (χ2v) is 13.8. The molecule has 2 aromatic heterocycles. The largest absolute Gasteiger partial charge is 0.497 e. The molecule has 0 spiro atoms. The maximum Gasteiger partial charge on any atom is 0.175 e. The fourth-order valence-corrected chi connectivity index (χ4v) is 6.96. The summed E-state index contributed by atoms with van der Waals surface area (Å²) >= 11 is 0. The minimum absolute atomic E-state index is 0.212. The molecule has 3 heterocycles. The van der Waals surface area contributed by atoms with E-state index in [2.05, 4.69) is 33.5 Å². The Hall–Kier alpha value is -5.10. The zero-order chi connectivity index (χ0) is 34.0. The van der Waals surface area contributed by atoms with Crippen molar-refractivity contribution in [3.8, 4) is 22.8 Å². The Morgan fingerprint density at radius 3 is 2.10 bits per heavy atom. The summed E-state index contributed by atoms with van der Waals surface area (Å²) in [6, 6.07) is 32.7. The molecule has 249 valence electrons. The fourth-order valence-electron chi connectivity index (χ4n) is 6.30. The molecule has 1 saturated heterocycles. The van der Waals surface area contributed by atoms with Gasteiger partial charge in [-0.1, -0.05) is 66.7 Å². The standard InChI is InChI=1S/C38H35N4O6S/c1-45-30-16-12-28(13-17-30)38(27-9-5-4-6-10-27,29-14-18-31(46-2)19-15-29)47-23-32-20-21-34(48-32)42-25-41-36-35(39-24-40-37(36)42)26-8-7-11-33(22-26)49(3,43)44/h4-20,22,24-25,32,34H,21,23H2,1-3H3/t32-,34-/m1/s1. The first kappa shape index (κ1) is 32.4. The summed E-state index contributed by atoms with van der Waals surface area (Å²) in [5.41, 5.74) is 4.18. The predicted octanol–water partition coefficient (Wildman–Crippen LogP) is 6.41. The molecule has 11 heteroatoms. The van der Waals surface area contributed by atoms with Crippen molar-refractivity contribution in [1.29, 1.82) is 0 Å². The lowest BCUT2D eigenvalue weighted by Crippen LogP contribution is -2.35. The van der Waals surface area contributed by atoms with Crippen LogP contribution in [0.2, 0.25) is 0 Å². The number of fused-ring (bicyclic) bond motifs is 1. The van der Waals surface area contributed by atoms with Crippen molar-refractivity contribution in [1.82, 2.24) is 19.5 Å². The molecule has 0 bridgehead atoms. The highest BCUT2D eigenvalue weighted by Gasteiger charge is 2.40. The molecule has 0 amide bonds. The molecule has 0 aliphatic carbocycles. The van der Waals surface area contributed by atoms with Gasteiger partial charge < -0.3 is 18.9 Å².